The second-order valence-corrected chi connectivity index (χ2v) is 22.3. The number of fused-ring (bicyclic) bond motifs is 2. The van der Waals surface area contributed by atoms with Crippen molar-refractivity contribution in [3.63, 3.8) is 0 Å². The molecule has 21 nitrogen and oxygen atoms in total. The van der Waals surface area contributed by atoms with E-state index in [1.54, 1.807) is 26.4 Å². The summed E-state index contributed by atoms with van der Waals surface area (Å²) in [5, 5.41) is 10.4. The van der Waals surface area contributed by atoms with Gasteiger partial charge < -0.3 is 61.8 Å². The van der Waals surface area contributed by atoms with Crippen molar-refractivity contribution in [1.82, 2.24) is 4.58 Å². The highest BCUT2D eigenvalue weighted by atomic mass is 32.2. The summed E-state index contributed by atoms with van der Waals surface area (Å²) in [6.07, 6.45) is 5.76. The highest BCUT2D eigenvalue weighted by Gasteiger charge is 2.43. The maximum atomic E-state index is 12.4. The number of carboxylic acid groups (broad SMARTS) is 1. The summed E-state index contributed by atoms with van der Waals surface area (Å²) in [4.78, 5) is 13.2. The first-order valence-electron chi connectivity index (χ1n) is 26.0. The molecule has 77 heavy (non-hydrogen) atoms. The molecule has 1 aromatic carbocycles. The first-order chi connectivity index (χ1) is 36.8. The summed E-state index contributed by atoms with van der Waals surface area (Å²) in [6.45, 7) is 17.6. The number of hydrogen-bond acceptors (Lipinski definition) is 17. The lowest BCUT2D eigenvalue weighted by Gasteiger charge is -2.30. The number of carbonyl (C=O) groups is 1. The normalized spacial score (nSPS) is 15.6. The Kier molecular flexibility index (Phi) is 28.9. The molecule has 1 unspecified atom stereocenters. The second kappa shape index (κ2) is 34.1. The fourth-order valence-corrected chi connectivity index (χ4v) is 9.55. The van der Waals surface area contributed by atoms with E-state index in [1.807, 2.05) is 36.1 Å². The number of rotatable bonds is 41. The molecular formula is C54H83N2O19S2+. The second-order valence-electron chi connectivity index (χ2n) is 19.3. The molecule has 0 amide bonds. The molecule has 4 rings (SSSR count). The van der Waals surface area contributed by atoms with Crippen LogP contribution in [0.2, 0.25) is 0 Å². The van der Waals surface area contributed by atoms with Gasteiger partial charge in [0, 0.05) is 55.6 Å². The number of benzene rings is 2. The van der Waals surface area contributed by atoms with Crippen LogP contribution in [0.5, 0.6) is 0 Å². The Hall–Kier alpha value is -4.18. The Labute approximate surface area is 454 Å². The Morgan fingerprint density at radius 2 is 1.19 bits per heavy atom. The van der Waals surface area contributed by atoms with E-state index < -0.39 is 37.4 Å². The number of carboxylic acids is 1. The van der Waals surface area contributed by atoms with E-state index in [2.05, 4.69) is 31.4 Å². The largest absolute Gasteiger partial charge is 0.481 e. The molecule has 0 bridgehead atoms. The van der Waals surface area contributed by atoms with Gasteiger partial charge in [-0.3, -0.25) is 13.9 Å². The van der Waals surface area contributed by atoms with Crippen LogP contribution in [-0.4, -0.2) is 196 Å². The topological polar surface area (TPSA) is 258 Å². The number of aliphatic carboxylic acids is 1. The molecule has 0 saturated heterocycles. The molecule has 2 aliphatic heterocycles. The maximum Gasteiger partial charge on any atom is 0.303 e. The zero-order chi connectivity index (χ0) is 56.2. The van der Waals surface area contributed by atoms with Crippen LogP contribution >= 0.6 is 0 Å². The molecule has 0 spiro atoms. The standard InChI is InChI=1S/C54H82N2O19S2/c1-53(2,3)47-41-44(10-7-11-51-54(4,17-8-12-52(57)58)48-42-45(77(62,63)64)14-16-49(48)56(51)18-9-39-76(59,60)61)75-50-40-43(13-15-46(47)50)55(19-21-67-27-29-71-35-37-73-33-31-69-25-23-65-5)20-22-68-28-30-72-36-38-74-34-32-70-26-24-66-6/h7,10-11,13-16,40-42H,8-9,12,17-39H2,1-6H3,(H2-,57,58,59,60,61,62,63,64)/p+1. The number of anilines is 1. The highest BCUT2D eigenvalue weighted by Crippen LogP contribution is 2.51. The molecule has 1 aromatic rings. The predicted molar refractivity (Wildman–Crippen MR) is 290 cm³/mol. The van der Waals surface area contributed by atoms with E-state index in [0.29, 0.717) is 160 Å². The van der Waals surface area contributed by atoms with Crippen LogP contribution in [0, 0.1) is 0 Å². The number of allylic oxidation sites excluding steroid dienone is 3. The van der Waals surface area contributed by atoms with Crippen LogP contribution in [0.4, 0.5) is 5.69 Å². The first kappa shape index (κ1) is 65.3. The molecule has 0 radical (unpaired) electrons. The van der Waals surface area contributed by atoms with Crippen molar-refractivity contribution >= 4 is 38.0 Å². The molecule has 0 saturated carbocycles. The number of hydrogen-bond donors (Lipinski definition) is 3. The van der Waals surface area contributed by atoms with Crippen LogP contribution in [0.15, 0.2) is 69.6 Å². The summed E-state index contributed by atoms with van der Waals surface area (Å²) in [7, 11) is -5.67. The Balaban J connectivity index is 1.60. The van der Waals surface area contributed by atoms with E-state index in [1.165, 1.54) is 18.2 Å². The summed E-state index contributed by atoms with van der Waals surface area (Å²) < 4.78 is 132. The van der Waals surface area contributed by atoms with E-state index >= 15 is 0 Å². The summed E-state index contributed by atoms with van der Waals surface area (Å²) >= 11 is 0. The fraction of sp³-hybridized carbons (Fsp3) is 0.630. The van der Waals surface area contributed by atoms with Crippen molar-refractivity contribution in [2.45, 2.75) is 69.1 Å². The quantitative estimate of drug-likeness (QED) is 0.0368. The third-order valence-corrected chi connectivity index (χ3v) is 14.1. The predicted octanol–water partition coefficient (Wildman–Crippen LogP) is 5.33. The van der Waals surface area contributed by atoms with Crippen molar-refractivity contribution in [3.05, 3.63) is 82.6 Å². The molecule has 23 heteroatoms. The Morgan fingerprint density at radius 1 is 0.688 bits per heavy atom. The van der Waals surface area contributed by atoms with E-state index in [-0.39, 0.29) is 42.5 Å². The molecule has 434 valence electrons. The van der Waals surface area contributed by atoms with Crippen LogP contribution in [0.3, 0.4) is 0 Å². The van der Waals surface area contributed by atoms with E-state index in [4.69, 9.17) is 51.8 Å². The smallest absolute Gasteiger partial charge is 0.303 e. The maximum absolute atomic E-state index is 12.4. The summed E-state index contributed by atoms with van der Waals surface area (Å²) in [6, 6.07) is 12.2. The lowest BCUT2D eigenvalue weighted by Crippen LogP contribution is -2.36. The average molecular weight is 1130 g/mol. The molecule has 3 N–H and O–H groups in total. The zero-order valence-electron chi connectivity index (χ0n) is 45.7. The van der Waals surface area contributed by atoms with Gasteiger partial charge in [-0.05, 0) is 85.2 Å². The molecule has 0 aromatic heterocycles. The van der Waals surface area contributed by atoms with Gasteiger partial charge >= 0.3 is 5.97 Å². The minimum Gasteiger partial charge on any atom is -0.481 e. The Bertz CT molecular complexity index is 2530. The van der Waals surface area contributed by atoms with Gasteiger partial charge in [-0.1, -0.05) is 26.8 Å². The molecule has 1 atom stereocenters. The fourth-order valence-electron chi connectivity index (χ4n) is 8.55. The van der Waals surface area contributed by atoms with Gasteiger partial charge in [0.05, 0.1) is 122 Å². The molecule has 1 aliphatic carbocycles. The first-order valence-corrected chi connectivity index (χ1v) is 29.0. The summed E-state index contributed by atoms with van der Waals surface area (Å²) in [5.41, 5.74) is 2.33. The monoisotopic (exact) mass is 1130 g/mol. The van der Waals surface area contributed by atoms with Crippen LogP contribution in [0.1, 0.15) is 70.3 Å². The highest BCUT2D eigenvalue weighted by molar-refractivity contribution is 7.86. The van der Waals surface area contributed by atoms with Crippen molar-refractivity contribution in [1.29, 1.82) is 0 Å². The van der Waals surface area contributed by atoms with Gasteiger partial charge in [0.15, 0.2) is 13.1 Å². The van der Waals surface area contributed by atoms with Crippen LogP contribution in [-0.2, 0) is 83.2 Å². The molecular weight excluding hydrogens is 1040 g/mol. The van der Waals surface area contributed by atoms with Gasteiger partial charge in [-0.2, -0.15) is 16.8 Å². The van der Waals surface area contributed by atoms with Crippen molar-refractivity contribution < 1.29 is 87.6 Å². The summed E-state index contributed by atoms with van der Waals surface area (Å²) in [5.74, 6) is -0.378. The SMILES string of the molecule is COCCOCCOCCOCCOCC[N+](CCOCCOCCOCCOCCOC)=c1ccc2c(C(C)(C)C)cc(/C=C/C=C3/N(CCCS(=O)(=O)O)c4ccc(S(=O)(=O)O)cc4C3(C)CCCC(=O)O)oc-2c1. The van der Waals surface area contributed by atoms with Crippen molar-refractivity contribution in [3.8, 4) is 11.3 Å². The molecule has 3 aliphatic rings. The van der Waals surface area contributed by atoms with Gasteiger partial charge in [0.1, 0.15) is 24.7 Å². The third kappa shape index (κ3) is 23.6. The van der Waals surface area contributed by atoms with E-state index in [0.717, 1.165) is 16.5 Å². The average Bonchev–Trinajstić information content (AvgIpc) is 3.59. The van der Waals surface area contributed by atoms with Crippen molar-refractivity contribution in [2.24, 2.45) is 0 Å². The van der Waals surface area contributed by atoms with Crippen LogP contribution in [0.25, 0.3) is 17.4 Å². The van der Waals surface area contributed by atoms with Crippen molar-refractivity contribution in [2.75, 3.05) is 163 Å². The zero-order valence-corrected chi connectivity index (χ0v) is 47.4. The minimum atomic E-state index is -4.62. The lowest BCUT2D eigenvalue weighted by molar-refractivity contribution is -0.137. The number of nitrogens with zero attached hydrogens (tertiary/aromatic N) is 2. The lowest BCUT2D eigenvalue weighted by atomic mass is 9.77. The Morgan fingerprint density at radius 3 is 1.66 bits per heavy atom. The van der Waals surface area contributed by atoms with Gasteiger partial charge in [0.2, 0.25) is 5.36 Å². The number of ether oxygens (including phenoxy) is 10. The molecule has 0 fully saturated rings. The molecule has 2 heterocycles. The third-order valence-electron chi connectivity index (χ3n) is 12.4. The van der Waals surface area contributed by atoms with Crippen LogP contribution < -0.4 is 14.8 Å². The van der Waals surface area contributed by atoms with Gasteiger partial charge in [-0.15, -0.1) is 0 Å². The van der Waals surface area contributed by atoms with E-state index in [9.17, 15) is 35.8 Å². The van der Waals surface area contributed by atoms with Gasteiger partial charge in [-0.25, -0.2) is 4.58 Å². The minimum absolute atomic E-state index is 0.0207. The number of methoxy groups -OCH3 is 2. The van der Waals surface area contributed by atoms with Gasteiger partial charge in [0.25, 0.3) is 20.2 Å².